The Morgan fingerprint density at radius 1 is 1.20 bits per heavy atom. The Kier molecular flexibility index (Phi) is 3.72. The zero-order valence-corrected chi connectivity index (χ0v) is 12.9. The second-order valence-electron chi connectivity index (χ2n) is 5.63. The molecule has 0 unspecified atom stereocenters. The number of aromatic nitrogens is 3. The number of benzene rings is 1. The van der Waals surface area contributed by atoms with Gasteiger partial charge in [0.2, 0.25) is 0 Å². The number of hydrogen-bond donors (Lipinski definition) is 0. The third-order valence-electron chi connectivity index (χ3n) is 4.09. The minimum absolute atomic E-state index is 0.247. The normalized spacial score (nSPS) is 13.6. The first-order chi connectivity index (χ1) is 12.1. The van der Waals surface area contributed by atoms with Crippen LogP contribution in [0.15, 0.2) is 41.3 Å². The van der Waals surface area contributed by atoms with E-state index in [0.29, 0.717) is 35.5 Å². The van der Waals surface area contributed by atoms with Gasteiger partial charge in [-0.3, -0.25) is 9.78 Å². The summed E-state index contributed by atoms with van der Waals surface area (Å²) in [5.74, 6) is -1.50. The largest absolute Gasteiger partial charge is 0.360 e. The minimum Gasteiger partial charge on any atom is -0.360 e. The van der Waals surface area contributed by atoms with Crippen molar-refractivity contribution in [2.75, 3.05) is 6.54 Å². The van der Waals surface area contributed by atoms with Gasteiger partial charge in [0, 0.05) is 36.5 Å². The number of nitrogens with zero attached hydrogens (tertiary/aromatic N) is 4. The zero-order valence-electron chi connectivity index (χ0n) is 12.9. The molecule has 8 heteroatoms. The number of rotatable bonds is 2. The molecule has 126 valence electrons. The predicted molar refractivity (Wildman–Crippen MR) is 82.3 cm³/mol. The molecule has 25 heavy (non-hydrogen) atoms. The average molecular weight is 342 g/mol. The summed E-state index contributed by atoms with van der Waals surface area (Å²) in [6.07, 6.45) is 4.83. The monoisotopic (exact) mass is 342 g/mol. The molecule has 0 atom stereocenters. The highest BCUT2D eigenvalue weighted by atomic mass is 19.2. The Morgan fingerprint density at radius 2 is 2.08 bits per heavy atom. The maximum absolute atomic E-state index is 13.5. The van der Waals surface area contributed by atoms with Crippen LogP contribution in [0.25, 0.3) is 11.3 Å². The third-order valence-corrected chi connectivity index (χ3v) is 4.09. The number of fused-ring (bicyclic) bond motifs is 1. The fourth-order valence-electron chi connectivity index (χ4n) is 2.82. The second-order valence-corrected chi connectivity index (χ2v) is 5.63. The van der Waals surface area contributed by atoms with Crippen molar-refractivity contribution in [3.63, 3.8) is 0 Å². The summed E-state index contributed by atoms with van der Waals surface area (Å²) in [5, 5.41) is 3.98. The standard InChI is InChI=1S/C17H12F2N4O2/c18-12-2-1-10(7-13(12)19)16-11-9-23(6-3-15(11)25-22-16)17(24)14-8-20-4-5-21-14/h1-2,4-5,7-8H,3,6,9H2. The molecule has 1 aliphatic rings. The van der Waals surface area contributed by atoms with Gasteiger partial charge in [0.25, 0.3) is 5.91 Å². The van der Waals surface area contributed by atoms with E-state index in [2.05, 4.69) is 15.1 Å². The molecule has 0 bridgehead atoms. The van der Waals surface area contributed by atoms with Crippen molar-refractivity contribution in [3.05, 3.63) is 65.4 Å². The molecule has 6 nitrogen and oxygen atoms in total. The van der Waals surface area contributed by atoms with Crippen molar-refractivity contribution in [1.29, 1.82) is 0 Å². The number of halogens is 2. The van der Waals surface area contributed by atoms with Gasteiger partial charge in [0.15, 0.2) is 11.6 Å². The van der Waals surface area contributed by atoms with Gasteiger partial charge < -0.3 is 9.42 Å². The van der Waals surface area contributed by atoms with Crippen molar-refractivity contribution in [1.82, 2.24) is 20.0 Å². The van der Waals surface area contributed by atoms with Gasteiger partial charge >= 0.3 is 0 Å². The molecule has 0 fully saturated rings. The fourth-order valence-corrected chi connectivity index (χ4v) is 2.82. The highest BCUT2D eigenvalue weighted by Crippen LogP contribution is 2.31. The first-order valence-electron chi connectivity index (χ1n) is 7.61. The average Bonchev–Trinajstić information content (AvgIpc) is 3.07. The maximum atomic E-state index is 13.5. The lowest BCUT2D eigenvalue weighted by Crippen LogP contribution is -2.36. The van der Waals surface area contributed by atoms with E-state index in [-0.39, 0.29) is 18.1 Å². The van der Waals surface area contributed by atoms with E-state index in [1.54, 1.807) is 4.90 Å². The van der Waals surface area contributed by atoms with Crippen LogP contribution in [0, 0.1) is 11.6 Å². The molecule has 1 aromatic carbocycles. The van der Waals surface area contributed by atoms with Gasteiger partial charge in [0.05, 0.1) is 12.7 Å². The lowest BCUT2D eigenvalue weighted by molar-refractivity contribution is 0.0722. The van der Waals surface area contributed by atoms with Crippen molar-refractivity contribution in [2.45, 2.75) is 13.0 Å². The number of carbonyl (C=O) groups is 1. The van der Waals surface area contributed by atoms with E-state index in [1.165, 1.54) is 24.7 Å². The van der Waals surface area contributed by atoms with Gasteiger partial charge in [-0.15, -0.1) is 0 Å². The van der Waals surface area contributed by atoms with Gasteiger partial charge in [-0.2, -0.15) is 0 Å². The molecule has 0 saturated carbocycles. The Morgan fingerprint density at radius 3 is 2.84 bits per heavy atom. The molecule has 0 radical (unpaired) electrons. The molecular formula is C17H12F2N4O2. The summed E-state index contributed by atoms with van der Waals surface area (Å²) in [4.78, 5) is 22.1. The molecule has 0 spiro atoms. The number of carbonyl (C=O) groups excluding carboxylic acids is 1. The van der Waals surface area contributed by atoms with Crippen LogP contribution in [0.4, 0.5) is 8.78 Å². The second kappa shape index (κ2) is 6.04. The van der Waals surface area contributed by atoms with Gasteiger partial charge in [-0.1, -0.05) is 5.16 Å². The van der Waals surface area contributed by atoms with E-state index in [0.717, 1.165) is 12.1 Å². The van der Waals surface area contributed by atoms with Crippen LogP contribution in [0.2, 0.25) is 0 Å². The highest BCUT2D eigenvalue weighted by molar-refractivity contribution is 5.92. The third kappa shape index (κ3) is 2.75. The summed E-state index contributed by atoms with van der Waals surface area (Å²) in [7, 11) is 0. The van der Waals surface area contributed by atoms with Crippen LogP contribution in [0.1, 0.15) is 21.8 Å². The summed E-state index contributed by atoms with van der Waals surface area (Å²) in [5.41, 5.74) is 1.74. The molecule has 0 saturated heterocycles. The van der Waals surface area contributed by atoms with E-state index in [4.69, 9.17) is 4.52 Å². The van der Waals surface area contributed by atoms with Gasteiger partial charge in [0.1, 0.15) is 17.1 Å². The van der Waals surface area contributed by atoms with Crippen molar-refractivity contribution in [3.8, 4) is 11.3 Å². The molecule has 4 rings (SSSR count). The van der Waals surface area contributed by atoms with E-state index < -0.39 is 11.6 Å². The van der Waals surface area contributed by atoms with Crippen LogP contribution in [-0.2, 0) is 13.0 Å². The lowest BCUT2D eigenvalue weighted by Gasteiger charge is -2.25. The molecule has 2 aromatic heterocycles. The first kappa shape index (κ1) is 15.4. The SMILES string of the molecule is O=C(c1cnccn1)N1CCc2onc(-c3ccc(F)c(F)c3)c2C1. The van der Waals surface area contributed by atoms with Crippen LogP contribution >= 0.6 is 0 Å². The summed E-state index contributed by atoms with van der Waals surface area (Å²) in [6, 6.07) is 3.54. The lowest BCUT2D eigenvalue weighted by atomic mass is 10.0. The van der Waals surface area contributed by atoms with Crippen molar-refractivity contribution >= 4 is 5.91 Å². The van der Waals surface area contributed by atoms with Gasteiger partial charge in [-0.25, -0.2) is 13.8 Å². The smallest absolute Gasteiger partial charge is 0.274 e. The number of amides is 1. The summed E-state index contributed by atoms with van der Waals surface area (Å²) in [6.45, 7) is 0.706. The van der Waals surface area contributed by atoms with Crippen LogP contribution in [-0.4, -0.2) is 32.5 Å². The van der Waals surface area contributed by atoms with Crippen LogP contribution in [0.3, 0.4) is 0 Å². The van der Waals surface area contributed by atoms with E-state index in [9.17, 15) is 13.6 Å². The minimum atomic E-state index is -0.961. The number of hydrogen-bond acceptors (Lipinski definition) is 5. The van der Waals surface area contributed by atoms with E-state index in [1.807, 2.05) is 0 Å². The Hall–Kier alpha value is -3.16. The Labute approximate surface area is 141 Å². The molecule has 1 amide bonds. The highest BCUT2D eigenvalue weighted by Gasteiger charge is 2.28. The topological polar surface area (TPSA) is 72.1 Å². The summed E-state index contributed by atoms with van der Waals surface area (Å²) < 4.78 is 32.0. The summed E-state index contributed by atoms with van der Waals surface area (Å²) >= 11 is 0. The Balaban J connectivity index is 1.66. The molecule has 0 aliphatic carbocycles. The molecule has 3 heterocycles. The first-order valence-corrected chi connectivity index (χ1v) is 7.61. The van der Waals surface area contributed by atoms with Gasteiger partial charge in [-0.05, 0) is 18.2 Å². The quantitative estimate of drug-likeness (QED) is 0.716. The fraction of sp³-hybridized carbons (Fsp3) is 0.176. The van der Waals surface area contributed by atoms with E-state index >= 15 is 0 Å². The maximum Gasteiger partial charge on any atom is 0.274 e. The van der Waals surface area contributed by atoms with Crippen molar-refractivity contribution < 1.29 is 18.1 Å². The molecular weight excluding hydrogens is 330 g/mol. The predicted octanol–water partition coefficient (Wildman–Crippen LogP) is 2.61. The van der Waals surface area contributed by atoms with Crippen molar-refractivity contribution in [2.24, 2.45) is 0 Å². The molecule has 1 aliphatic heterocycles. The Bertz CT molecular complexity index is 943. The zero-order chi connectivity index (χ0) is 17.4. The molecule has 0 N–H and O–H groups in total. The molecule has 3 aromatic rings. The van der Waals surface area contributed by atoms with Crippen LogP contribution in [0.5, 0.6) is 0 Å². The van der Waals surface area contributed by atoms with Crippen LogP contribution < -0.4 is 0 Å².